The first-order valence-corrected chi connectivity index (χ1v) is 4.85. The number of rotatable bonds is 4. The van der Waals surface area contributed by atoms with Crippen LogP contribution in [0.3, 0.4) is 0 Å². The van der Waals surface area contributed by atoms with E-state index in [2.05, 4.69) is 5.32 Å². The molecule has 0 aliphatic carbocycles. The summed E-state index contributed by atoms with van der Waals surface area (Å²) < 4.78 is 38.7. The van der Waals surface area contributed by atoms with E-state index < -0.39 is 41.5 Å². The second-order valence-corrected chi connectivity index (χ2v) is 3.28. The number of carbonyl (C=O) groups excluding carboxylic acids is 2. The molecule has 0 saturated carbocycles. The van der Waals surface area contributed by atoms with Crippen molar-refractivity contribution < 1.29 is 22.8 Å². The minimum atomic E-state index is -1.42. The lowest BCUT2D eigenvalue weighted by atomic mass is 10.2. The Morgan fingerprint density at radius 1 is 1.17 bits per heavy atom. The van der Waals surface area contributed by atoms with E-state index in [0.29, 0.717) is 12.1 Å². The third-order valence-electron chi connectivity index (χ3n) is 1.90. The Hall–Kier alpha value is -2.09. The number of carbonyl (C=O) groups is 2. The van der Waals surface area contributed by atoms with Gasteiger partial charge in [-0.25, -0.2) is 13.2 Å². The third-order valence-corrected chi connectivity index (χ3v) is 1.90. The molecule has 0 saturated heterocycles. The fraction of sp³-hybridized carbons (Fsp3) is 0.200. The highest BCUT2D eigenvalue weighted by molar-refractivity contribution is 5.94. The van der Waals surface area contributed by atoms with E-state index in [1.807, 2.05) is 5.32 Å². The van der Waals surface area contributed by atoms with E-state index in [1.165, 1.54) is 0 Å². The lowest BCUT2D eigenvalue weighted by Crippen LogP contribution is -2.36. The molecule has 0 aliphatic heterocycles. The zero-order valence-electron chi connectivity index (χ0n) is 9.10. The average molecular weight is 261 g/mol. The number of benzene rings is 1. The number of amides is 2. The molecule has 0 aromatic heterocycles. The monoisotopic (exact) mass is 261 g/mol. The lowest BCUT2D eigenvalue weighted by molar-refractivity contribution is -0.123. The number of anilines is 1. The summed E-state index contributed by atoms with van der Waals surface area (Å²) in [6.45, 7) is -0.788. The smallest absolute Gasteiger partial charge is 0.243 e. The standard InChI is InChI=1S/C10H10F3N3O2/c11-5-1-6(12)10(13)7(2-5)16-9(18)4-15-8(17)3-14/h1-2H,3-4,14H2,(H,15,17)(H,16,18). The van der Waals surface area contributed by atoms with Crippen LogP contribution in [-0.2, 0) is 9.59 Å². The SMILES string of the molecule is NCC(=O)NCC(=O)Nc1cc(F)cc(F)c1F. The van der Waals surface area contributed by atoms with E-state index in [0.717, 1.165) is 0 Å². The zero-order valence-corrected chi connectivity index (χ0v) is 9.10. The van der Waals surface area contributed by atoms with Crippen molar-refractivity contribution in [2.24, 2.45) is 5.73 Å². The minimum absolute atomic E-state index is 0.309. The summed E-state index contributed by atoms with van der Waals surface area (Å²) in [5.74, 6) is -5.25. The summed E-state index contributed by atoms with van der Waals surface area (Å²) in [5, 5.41) is 4.04. The third kappa shape index (κ3) is 3.74. The highest BCUT2D eigenvalue weighted by Gasteiger charge is 2.13. The summed E-state index contributed by atoms with van der Waals surface area (Å²) in [7, 11) is 0. The van der Waals surface area contributed by atoms with Crippen LogP contribution in [0.4, 0.5) is 18.9 Å². The van der Waals surface area contributed by atoms with Gasteiger partial charge in [-0.1, -0.05) is 0 Å². The Labute approximate surface area is 100 Å². The Balaban J connectivity index is 2.67. The van der Waals surface area contributed by atoms with Gasteiger partial charge in [0.1, 0.15) is 5.82 Å². The van der Waals surface area contributed by atoms with Crippen molar-refractivity contribution in [3.05, 3.63) is 29.6 Å². The maximum absolute atomic E-state index is 13.1. The van der Waals surface area contributed by atoms with Gasteiger partial charge < -0.3 is 16.4 Å². The van der Waals surface area contributed by atoms with Gasteiger partial charge in [0.25, 0.3) is 0 Å². The van der Waals surface area contributed by atoms with E-state index in [1.54, 1.807) is 0 Å². The lowest BCUT2D eigenvalue weighted by Gasteiger charge is -2.07. The van der Waals surface area contributed by atoms with Crippen LogP contribution in [0.1, 0.15) is 0 Å². The normalized spacial score (nSPS) is 10.0. The molecule has 1 aromatic carbocycles. The molecule has 4 N–H and O–H groups in total. The highest BCUT2D eigenvalue weighted by atomic mass is 19.2. The summed E-state index contributed by atoms with van der Waals surface area (Å²) >= 11 is 0. The van der Waals surface area contributed by atoms with Gasteiger partial charge in [0.2, 0.25) is 11.8 Å². The molecule has 8 heteroatoms. The zero-order chi connectivity index (χ0) is 13.7. The number of hydrogen-bond donors (Lipinski definition) is 3. The Morgan fingerprint density at radius 2 is 1.83 bits per heavy atom. The molecule has 1 rings (SSSR count). The molecule has 0 atom stereocenters. The molecule has 0 fully saturated rings. The molecule has 18 heavy (non-hydrogen) atoms. The fourth-order valence-corrected chi connectivity index (χ4v) is 1.09. The van der Waals surface area contributed by atoms with Crippen LogP contribution < -0.4 is 16.4 Å². The van der Waals surface area contributed by atoms with Crippen molar-refractivity contribution in [1.29, 1.82) is 0 Å². The van der Waals surface area contributed by atoms with Crippen LogP contribution >= 0.6 is 0 Å². The van der Waals surface area contributed by atoms with Crippen molar-refractivity contribution in [3.63, 3.8) is 0 Å². The minimum Gasteiger partial charge on any atom is -0.346 e. The van der Waals surface area contributed by atoms with Gasteiger partial charge in [-0.3, -0.25) is 9.59 Å². The van der Waals surface area contributed by atoms with Crippen LogP contribution in [0, 0.1) is 17.5 Å². The van der Waals surface area contributed by atoms with Crippen LogP contribution in [0.5, 0.6) is 0 Å². The molecular formula is C10H10F3N3O2. The van der Waals surface area contributed by atoms with Gasteiger partial charge in [0.05, 0.1) is 18.8 Å². The first kappa shape index (κ1) is 14.0. The summed E-state index contributed by atoms with van der Waals surface area (Å²) in [4.78, 5) is 22.0. The van der Waals surface area contributed by atoms with Gasteiger partial charge in [0.15, 0.2) is 11.6 Å². The Bertz CT molecular complexity index is 480. The molecule has 0 radical (unpaired) electrons. The average Bonchev–Trinajstić information content (AvgIpc) is 2.32. The molecular weight excluding hydrogens is 251 g/mol. The molecule has 5 nitrogen and oxygen atoms in total. The summed E-state index contributed by atoms with van der Waals surface area (Å²) in [6, 6.07) is 0.974. The van der Waals surface area contributed by atoms with Crippen molar-refractivity contribution in [2.45, 2.75) is 0 Å². The predicted molar refractivity (Wildman–Crippen MR) is 57.0 cm³/mol. The Morgan fingerprint density at radius 3 is 2.44 bits per heavy atom. The van der Waals surface area contributed by atoms with Crippen LogP contribution in [0.15, 0.2) is 12.1 Å². The summed E-state index contributed by atoms with van der Waals surface area (Å²) in [6.07, 6.45) is 0. The number of nitrogens with one attached hydrogen (secondary N) is 2. The van der Waals surface area contributed by atoms with Crippen molar-refractivity contribution >= 4 is 17.5 Å². The van der Waals surface area contributed by atoms with Crippen LogP contribution in [0.25, 0.3) is 0 Å². The molecule has 0 bridgehead atoms. The van der Waals surface area contributed by atoms with Gasteiger partial charge in [-0.05, 0) is 0 Å². The number of nitrogens with two attached hydrogens (primary N) is 1. The molecule has 0 aliphatic rings. The topological polar surface area (TPSA) is 84.2 Å². The molecule has 1 aromatic rings. The van der Waals surface area contributed by atoms with E-state index in [4.69, 9.17) is 5.73 Å². The molecule has 98 valence electrons. The fourth-order valence-electron chi connectivity index (χ4n) is 1.09. The summed E-state index contributed by atoms with van der Waals surface area (Å²) in [5.41, 5.74) is 4.33. The van der Waals surface area contributed by atoms with Crippen molar-refractivity contribution in [2.75, 3.05) is 18.4 Å². The maximum Gasteiger partial charge on any atom is 0.243 e. The van der Waals surface area contributed by atoms with Gasteiger partial charge in [-0.15, -0.1) is 0 Å². The molecule has 0 unspecified atom stereocenters. The van der Waals surface area contributed by atoms with Crippen LogP contribution in [-0.4, -0.2) is 24.9 Å². The predicted octanol–water partition coefficient (Wildman–Crippen LogP) is 0.117. The second-order valence-electron chi connectivity index (χ2n) is 3.28. The van der Waals surface area contributed by atoms with Gasteiger partial charge in [0, 0.05) is 12.1 Å². The molecule has 0 spiro atoms. The van der Waals surface area contributed by atoms with Crippen molar-refractivity contribution in [3.8, 4) is 0 Å². The van der Waals surface area contributed by atoms with Crippen molar-refractivity contribution in [1.82, 2.24) is 5.32 Å². The largest absolute Gasteiger partial charge is 0.346 e. The molecule has 2 amide bonds. The maximum atomic E-state index is 13.1. The molecule has 0 heterocycles. The number of halogens is 3. The second kappa shape index (κ2) is 6.01. The van der Waals surface area contributed by atoms with Gasteiger partial charge >= 0.3 is 0 Å². The van der Waals surface area contributed by atoms with Gasteiger partial charge in [-0.2, -0.15) is 0 Å². The quantitative estimate of drug-likeness (QED) is 0.673. The van der Waals surface area contributed by atoms with E-state index in [-0.39, 0.29) is 6.54 Å². The first-order chi connectivity index (χ1) is 8.43. The Kier molecular flexibility index (Phi) is 4.67. The van der Waals surface area contributed by atoms with E-state index in [9.17, 15) is 22.8 Å². The first-order valence-electron chi connectivity index (χ1n) is 4.85. The van der Waals surface area contributed by atoms with E-state index >= 15 is 0 Å². The van der Waals surface area contributed by atoms with Crippen LogP contribution in [0.2, 0.25) is 0 Å². The number of hydrogen-bond acceptors (Lipinski definition) is 3. The highest BCUT2D eigenvalue weighted by Crippen LogP contribution is 2.18.